The molecule has 0 unspecified atom stereocenters. The largest absolute Gasteiger partial charge is 0.497 e. The van der Waals surface area contributed by atoms with E-state index in [0.717, 1.165) is 22.4 Å². The Bertz CT molecular complexity index is 1320. The fourth-order valence-electron chi connectivity index (χ4n) is 4.02. The van der Waals surface area contributed by atoms with E-state index in [1.807, 2.05) is 91.9 Å². The van der Waals surface area contributed by atoms with E-state index < -0.39 is 0 Å². The molecule has 5 nitrogen and oxygen atoms in total. The normalized spacial score (nSPS) is 10.5. The number of amides is 2. The summed E-state index contributed by atoms with van der Waals surface area (Å²) >= 11 is 0. The highest BCUT2D eigenvalue weighted by molar-refractivity contribution is 6.06. The van der Waals surface area contributed by atoms with E-state index in [4.69, 9.17) is 4.74 Å². The predicted octanol–water partition coefficient (Wildman–Crippen LogP) is 5.71. The minimum atomic E-state index is -0.124. The van der Waals surface area contributed by atoms with Crippen LogP contribution in [0.1, 0.15) is 32.6 Å². The Balaban J connectivity index is 1.48. The highest BCUT2D eigenvalue weighted by Gasteiger charge is 2.19. The van der Waals surface area contributed by atoms with Crippen molar-refractivity contribution in [3.8, 4) is 5.75 Å². The Labute approximate surface area is 212 Å². The van der Waals surface area contributed by atoms with Crippen LogP contribution in [0, 0.1) is 6.92 Å². The van der Waals surface area contributed by atoms with Crippen molar-refractivity contribution in [3.05, 3.63) is 131 Å². The molecule has 0 aliphatic carbocycles. The Hall–Kier alpha value is -4.38. The lowest BCUT2D eigenvalue weighted by Gasteiger charge is -2.24. The topological polar surface area (TPSA) is 58.6 Å². The number of nitrogens with zero attached hydrogens (tertiary/aromatic N) is 1. The van der Waals surface area contributed by atoms with Crippen molar-refractivity contribution < 1.29 is 14.3 Å². The van der Waals surface area contributed by atoms with Crippen molar-refractivity contribution >= 4 is 17.5 Å². The number of hydrogen-bond acceptors (Lipinski definition) is 3. The van der Waals surface area contributed by atoms with Gasteiger partial charge in [-0.15, -0.1) is 0 Å². The molecule has 5 heteroatoms. The Kier molecular flexibility index (Phi) is 8.14. The van der Waals surface area contributed by atoms with Crippen LogP contribution in [0.15, 0.2) is 103 Å². The fraction of sp³-hybridized carbons (Fsp3) is 0.161. The van der Waals surface area contributed by atoms with Crippen molar-refractivity contribution in [2.24, 2.45) is 0 Å². The Morgan fingerprint density at radius 2 is 1.50 bits per heavy atom. The maximum absolute atomic E-state index is 13.5. The lowest BCUT2D eigenvalue weighted by Crippen LogP contribution is -2.30. The van der Waals surface area contributed by atoms with Crippen molar-refractivity contribution in [1.29, 1.82) is 0 Å². The number of benzene rings is 4. The molecule has 182 valence electrons. The number of aryl methyl sites for hydroxylation is 1. The van der Waals surface area contributed by atoms with Gasteiger partial charge in [0.05, 0.1) is 20.1 Å². The van der Waals surface area contributed by atoms with Crippen LogP contribution in [0.3, 0.4) is 0 Å². The summed E-state index contributed by atoms with van der Waals surface area (Å²) in [5.74, 6) is 0.465. The second kappa shape index (κ2) is 11.8. The number of rotatable bonds is 9. The zero-order valence-electron chi connectivity index (χ0n) is 20.6. The van der Waals surface area contributed by atoms with Gasteiger partial charge in [0.1, 0.15) is 5.75 Å². The molecule has 4 aromatic rings. The van der Waals surface area contributed by atoms with Gasteiger partial charge in [0.15, 0.2) is 0 Å². The number of ether oxygens (including phenoxy) is 1. The number of nitrogens with one attached hydrogen (secondary N) is 1. The number of anilines is 1. The predicted molar refractivity (Wildman–Crippen MR) is 143 cm³/mol. The third-order valence-electron chi connectivity index (χ3n) is 5.93. The molecule has 0 saturated heterocycles. The number of methoxy groups -OCH3 is 1. The summed E-state index contributed by atoms with van der Waals surface area (Å²) in [7, 11) is 1.58. The first kappa shape index (κ1) is 24.7. The summed E-state index contributed by atoms with van der Waals surface area (Å²) in [5.41, 5.74) is 5.45. The molecule has 36 heavy (non-hydrogen) atoms. The number of carbonyl (C=O) groups is 2. The first-order valence-corrected chi connectivity index (χ1v) is 11.9. The monoisotopic (exact) mass is 478 g/mol. The first-order valence-electron chi connectivity index (χ1n) is 11.9. The smallest absolute Gasteiger partial charge is 0.258 e. The highest BCUT2D eigenvalue weighted by Crippen LogP contribution is 2.23. The van der Waals surface area contributed by atoms with Gasteiger partial charge in [-0.1, -0.05) is 78.4 Å². The standard InChI is InChI=1S/C31H30N2O3/c1-23-8-6-11-26(18-23)21-32-30(34)19-24-14-16-28(17-15-24)33(22-25-9-4-3-5-10-25)31(35)27-12-7-13-29(20-27)36-2/h3-18,20H,19,21-22H2,1-2H3,(H,32,34). The molecule has 1 N–H and O–H groups in total. The Morgan fingerprint density at radius 3 is 2.22 bits per heavy atom. The van der Waals surface area contributed by atoms with Crippen LogP contribution in [0.2, 0.25) is 0 Å². The van der Waals surface area contributed by atoms with Crippen LogP contribution in [-0.2, 0) is 24.3 Å². The van der Waals surface area contributed by atoms with E-state index in [9.17, 15) is 9.59 Å². The summed E-state index contributed by atoms with van der Waals surface area (Å²) < 4.78 is 5.31. The fourth-order valence-corrected chi connectivity index (χ4v) is 4.02. The zero-order valence-corrected chi connectivity index (χ0v) is 20.6. The molecule has 0 fully saturated rings. The van der Waals surface area contributed by atoms with Crippen molar-refractivity contribution in [3.63, 3.8) is 0 Å². The SMILES string of the molecule is COc1cccc(C(=O)N(Cc2ccccc2)c2ccc(CC(=O)NCc3cccc(C)c3)cc2)c1. The molecule has 0 aromatic heterocycles. The van der Waals surface area contributed by atoms with Gasteiger partial charge < -0.3 is 15.0 Å². The van der Waals surface area contributed by atoms with E-state index in [1.54, 1.807) is 24.1 Å². The summed E-state index contributed by atoms with van der Waals surface area (Å²) in [4.78, 5) is 27.8. The van der Waals surface area contributed by atoms with Gasteiger partial charge in [-0.3, -0.25) is 9.59 Å². The lowest BCUT2D eigenvalue weighted by atomic mass is 10.1. The van der Waals surface area contributed by atoms with Crippen LogP contribution >= 0.6 is 0 Å². The highest BCUT2D eigenvalue weighted by atomic mass is 16.5. The minimum Gasteiger partial charge on any atom is -0.497 e. The molecule has 0 bridgehead atoms. The molecule has 0 aliphatic rings. The van der Waals surface area contributed by atoms with Crippen molar-refractivity contribution in [2.45, 2.75) is 26.4 Å². The number of hydrogen-bond donors (Lipinski definition) is 1. The minimum absolute atomic E-state index is 0.0437. The molecule has 4 aromatic carbocycles. The van der Waals surface area contributed by atoms with Gasteiger partial charge in [-0.2, -0.15) is 0 Å². The second-order valence-corrected chi connectivity index (χ2v) is 8.72. The summed E-state index contributed by atoms with van der Waals surface area (Å²) in [5, 5.41) is 2.98. The molecule has 0 aliphatic heterocycles. The molecule has 0 spiro atoms. The molecule has 4 rings (SSSR count). The molecular formula is C31H30N2O3. The summed E-state index contributed by atoms with van der Waals surface area (Å²) in [6, 6.07) is 32.7. The quantitative estimate of drug-likeness (QED) is 0.335. The molecule has 0 radical (unpaired) electrons. The lowest BCUT2D eigenvalue weighted by molar-refractivity contribution is -0.120. The van der Waals surface area contributed by atoms with Crippen LogP contribution < -0.4 is 15.0 Å². The van der Waals surface area contributed by atoms with Gasteiger partial charge >= 0.3 is 0 Å². The van der Waals surface area contributed by atoms with Crippen LogP contribution in [0.5, 0.6) is 5.75 Å². The third kappa shape index (κ3) is 6.60. The van der Waals surface area contributed by atoms with E-state index in [2.05, 4.69) is 11.4 Å². The second-order valence-electron chi connectivity index (χ2n) is 8.72. The molecular weight excluding hydrogens is 448 g/mol. The van der Waals surface area contributed by atoms with Gasteiger partial charge in [-0.25, -0.2) is 0 Å². The molecule has 0 saturated carbocycles. The summed E-state index contributed by atoms with van der Waals surface area (Å²) in [6.45, 7) is 2.96. The van der Waals surface area contributed by atoms with Crippen molar-refractivity contribution in [1.82, 2.24) is 5.32 Å². The zero-order chi connectivity index (χ0) is 25.3. The third-order valence-corrected chi connectivity index (χ3v) is 5.93. The van der Waals surface area contributed by atoms with Crippen LogP contribution in [-0.4, -0.2) is 18.9 Å². The van der Waals surface area contributed by atoms with Gasteiger partial charge in [0, 0.05) is 17.8 Å². The average Bonchev–Trinajstić information content (AvgIpc) is 2.91. The molecule has 0 heterocycles. The van der Waals surface area contributed by atoms with E-state index >= 15 is 0 Å². The van der Waals surface area contributed by atoms with Gasteiger partial charge in [0.25, 0.3) is 5.91 Å². The van der Waals surface area contributed by atoms with E-state index in [1.165, 1.54) is 5.56 Å². The van der Waals surface area contributed by atoms with E-state index in [-0.39, 0.29) is 18.2 Å². The molecule has 2 amide bonds. The maximum atomic E-state index is 13.5. The van der Waals surface area contributed by atoms with Crippen LogP contribution in [0.25, 0.3) is 0 Å². The van der Waals surface area contributed by atoms with Crippen LogP contribution in [0.4, 0.5) is 5.69 Å². The average molecular weight is 479 g/mol. The van der Waals surface area contributed by atoms with Gasteiger partial charge in [-0.05, 0) is 53.9 Å². The molecule has 0 atom stereocenters. The van der Waals surface area contributed by atoms with Crippen molar-refractivity contribution in [2.75, 3.05) is 12.0 Å². The Morgan fingerprint density at radius 1 is 0.778 bits per heavy atom. The first-order chi connectivity index (χ1) is 17.5. The maximum Gasteiger partial charge on any atom is 0.258 e. The number of carbonyl (C=O) groups excluding carboxylic acids is 2. The van der Waals surface area contributed by atoms with Gasteiger partial charge in [0.2, 0.25) is 5.91 Å². The summed E-state index contributed by atoms with van der Waals surface area (Å²) in [6.07, 6.45) is 0.272. The van der Waals surface area contributed by atoms with E-state index in [0.29, 0.717) is 24.4 Å².